The van der Waals surface area contributed by atoms with Gasteiger partial charge in [-0.3, -0.25) is 0 Å². The fourth-order valence-corrected chi connectivity index (χ4v) is 0.987. The quantitative estimate of drug-likeness (QED) is 0.715. The summed E-state index contributed by atoms with van der Waals surface area (Å²) in [7, 11) is 0. The van der Waals surface area contributed by atoms with Gasteiger partial charge >= 0.3 is 0 Å². The lowest BCUT2D eigenvalue weighted by molar-refractivity contribution is -0.108. The number of carbonyl (C=O) groups excluding carboxylic acids is 1. The van der Waals surface area contributed by atoms with E-state index >= 15 is 0 Å². The van der Waals surface area contributed by atoms with Crippen LogP contribution in [0.25, 0.3) is 0 Å². The molecule has 13 heavy (non-hydrogen) atoms. The van der Waals surface area contributed by atoms with Crippen molar-refractivity contribution < 1.29 is 13.6 Å². The molecule has 1 atom stereocenters. The molecule has 0 aliphatic carbocycles. The van der Waals surface area contributed by atoms with Gasteiger partial charge in [0.05, 0.1) is 6.04 Å². The van der Waals surface area contributed by atoms with Crippen LogP contribution in [0, 0.1) is 11.6 Å². The second-order valence-electron chi connectivity index (χ2n) is 2.75. The predicted molar refractivity (Wildman–Crippen MR) is 44.1 cm³/mol. The van der Waals surface area contributed by atoms with Crippen molar-refractivity contribution in [2.75, 3.05) is 0 Å². The Kier molecular flexibility index (Phi) is 3.08. The van der Waals surface area contributed by atoms with Gasteiger partial charge in [0.2, 0.25) is 0 Å². The maximum absolute atomic E-state index is 12.6. The number of carbonyl (C=O) groups is 1. The highest BCUT2D eigenvalue weighted by Gasteiger charge is 2.05. The summed E-state index contributed by atoms with van der Waals surface area (Å²) >= 11 is 0. The monoisotopic (exact) mass is 185 g/mol. The van der Waals surface area contributed by atoms with Gasteiger partial charge in [-0.05, 0) is 24.1 Å². The third-order valence-electron chi connectivity index (χ3n) is 1.63. The van der Waals surface area contributed by atoms with Crippen molar-refractivity contribution in [3.8, 4) is 0 Å². The van der Waals surface area contributed by atoms with Crippen molar-refractivity contribution in [1.82, 2.24) is 0 Å². The van der Waals surface area contributed by atoms with Crippen molar-refractivity contribution in [3.63, 3.8) is 0 Å². The zero-order valence-electron chi connectivity index (χ0n) is 6.84. The Bertz CT molecular complexity index is 314. The van der Waals surface area contributed by atoms with Crippen molar-refractivity contribution in [1.29, 1.82) is 0 Å². The van der Waals surface area contributed by atoms with Crippen LogP contribution < -0.4 is 5.73 Å². The minimum absolute atomic E-state index is 0.223. The highest BCUT2D eigenvalue weighted by atomic mass is 19.2. The Morgan fingerprint density at radius 1 is 1.38 bits per heavy atom. The van der Waals surface area contributed by atoms with Crippen LogP contribution in [0.2, 0.25) is 0 Å². The van der Waals surface area contributed by atoms with E-state index in [1.807, 2.05) is 0 Å². The van der Waals surface area contributed by atoms with Gasteiger partial charge in [0, 0.05) is 0 Å². The largest absolute Gasteiger partial charge is 0.321 e. The fraction of sp³-hybridized carbons (Fsp3) is 0.222. The summed E-state index contributed by atoms with van der Waals surface area (Å²) in [5, 5.41) is 0. The molecule has 1 rings (SSSR count). The molecule has 0 saturated heterocycles. The molecule has 0 spiro atoms. The number of nitrogens with two attached hydrogens (primary N) is 1. The Morgan fingerprint density at radius 2 is 2.08 bits per heavy atom. The van der Waals surface area contributed by atoms with Crippen LogP contribution in [0.3, 0.4) is 0 Å². The first-order valence-electron chi connectivity index (χ1n) is 3.78. The second kappa shape index (κ2) is 4.09. The van der Waals surface area contributed by atoms with Gasteiger partial charge in [-0.1, -0.05) is 6.07 Å². The van der Waals surface area contributed by atoms with Crippen molar-refractivity contribution in [3.05, 3.63) is 35.4 Å². The lowest BCUT2D eigenvalue weighted by Crippen LogP contribution is -2.24. The van der Waals surface area contributed by atoms with Gasteiger partial charge in [0.15, 0.2) is 11.6 Å². The first-order valence-corrected chi connectivity index (χ1v) is 3.78. The summed E-state index contributed by atoms with van der Waals surface area (Å²) in [5.74, 6) is -1.82. The molecule has 0 aliphatic heterocycles. The third kappa shape index (κ3) is 2.59. The van der Waals surface area contributed by atoms with Crippen LogP contribution >= 0.6 is 0 Å². The van der Waals surface area contributed by atoms with Gasteiger partial charge in [-0.25, -0.2) is 8.78 Å². The van der Waals surface area contributed by atoms with Gasteiger partial charge in [0.25, 0.3) is 0 Å². The van der Waals surface area contributed by atoms with Crippen LogP contribution in [0.1, 0.15) is 5.56 Å². The Balaban J connectivity index is 2.79. The summed E-state index contributed by atoms with van der Waals surface area (Å²) in [5.41, 5.74) is 5.82. The van der Waals surface area contributed by atoms with E-state index in [1.54, 1.807) is 0 Å². The van der Waals surface area contributed by atoms with E-state index < -0.39 is 17.7 Å². The Hall–Kier alpha value is -1.29. The van der Waals surface area contributed by atoms with E-state index in [4.69, 9.17) is 5.73 Å². The molecule has 2 nitrogen and oxygen atoms in total. The topological polar surface area (TPSA) is 43.1 Å². The van der Waals surface area contributed by atoms with E-state index in [9.17, 15) is 13.6 Å². The van der Waals surface area contributed by atoms with E-state index in [1.165, 1.54) is 6.07 Å². The maximum Gasteiger partial charge on any atom is 0.159 e. The smallest absolute Gasteiger partial charge is 0.159 e. The zero-order chi connectivity index (χ0) is 9.84. The molecule has 2 N–H and O–H groups in total. The molecule has 1 aromatic carbocycles. The Morgan fingerprint density at radius 3 is 2.62 bits per heavy atom. The summed E-state index contributed by atoms with van der Waals surface area (Å²) in [6, 6.07) is 2.80. The molecule has 0 heterocycles. The molecular formula is C9H9F2NO. The van der Waals surface area contributed by atoms with Crippen LogP contribution in [0.4, 0.5) is 8.78 Å². The van der Waals surface area contributed by atoms with Gasteiger partial charge < -0.3 is 10.5 Å². The maximum atomic E-state index is 12.6. The van der Waals surface area contributed by atoms with Crippen LogP contribution in [-0.4, -0.2) is 12.3 Å². The lowest BCUT2D eigenvalue weighted by atomic mass is 10.1. The first kappa shape index (κ1) is 9.80. The van der Waals surface area contributed by atoms with Gasteiger partial charge in [0.1, 0.15) is 6.29 Å². The zero-order valence-corrected chi connectivity index (χ0v) is 6.84. The average Bonchev–Trinajstić information content (AvgIpc) is 2.11. The molecule has 1 aromatic rings. The fourth-order valence-electron chi connectivity index (χ4n) is 0.987. The molecule has 4 heteroatoms. The predicted octanol–water partition coefficient (Wildman–Crippen LogP) is 1.03. The molecule has 0 amide bonds. The molecule has 0 unspecified atom stereocenters. The molecule has 0 aliphatic rings. The minimum atomic E-state index is -0.921. The number of aldehydes is 1. The highest BCUT2D eigenvalue weighted by molar-refractivity contribution is 5.57. The van der Waals surface area contributed by atoms with E-state index in [2.05, 4.69) is 0 Å². The molecule has 0 radical (unpaired) electrons. The number of benzene rings is 1. The van der Waals surface area contributed by atoms with Gasteiger partial charge in [-0.2, -0.15) is 0 Å². The average molecular weight is 185 g/mol. The van der Waals surface area contributed by atoms with Crippen molar-refractivity contribution in [2.24, 2.45) is 5.73 Å². The SMILES string of the molecule is N[C@@H](C=O)Cc1ccc(F)c(F)c1. The minimum Gasteiger partial charge on any atom is -0.321 e. The van der Waals surface area contributed by atoms with E-state index in [0.29, 0.717) is 11.8 Å². The molecule has 0 bridgehead atoms. The summed E-state index contributed by atoms with van der Waals surface area (Å²) in [6.45, 7) is 0. The van der Waals surface area contributed by atoms with Crippen LogP contribution in [0.5, 0.6) is 0 Å². The third-order valence-corrected chi connectivity index (χ3v) is 1.63. The number of hydrogen-bond donors (Lipinski definition) is 1. The van der Waals surface area contributed by atoms with E-state index in [-0.39, 0.29) is 6.42 Å². The summed E-state index contributed by atoms with van der Waals surface area (Å²) in [4.78, 5) is 10.2. The molecule has 0 saturated carbocycles. The summed E-state index contributed by atoms with van der Waals surface area (Å²) < 4.78 is 25.1. The summed E-state index contributed by atoms with van der Waals surface area (Å²) in [6.07, 6.45) is 0.794. The molecule has 0 aromatic heterocycles. The molecule has 0 fully saturated rings. The van der Waals surface area contributed by atoms with Crippen molar-refractivity contribution in [2.45, 2.75) is 12.5 Å². The number of halogens is 2. The lowest BCUT2D eigenvalue weighted by Gasteiger charge is -2.03. The van der Waals surface area contributed by atoms with Crippen LogP contribution in [-0.2, 0) is 11.2 Å². The number of hydrogen-bond acceptors (Lipinski definition) is 2. The van der Waals surface area contributed by atoms with E-state index in [0.717, 1.165) is 12.1 Å². The van der Waals surface area contributed by atoms with Crippen LogP contribution in [0.15, 0.2) is 18.2 Å². The highest BCUT2D eigenvalue weighted by Crippen LogP contribution is 2.09. The van der Waals surface area contributed by atoms with Crippen molar-refractivity contribution >= 4 is 6.29 Å². The Labute approximate surface area is 74.4 Å². The molecular weight excluding hydrogens is 176 g/mol. The standard InChI is InChI=1S/C9H9F2NO/c10-8-2-1-6(4-9(8)11)3-7(12)5-13/h1-2,4-5,7H,3,12H2/t7-/m1/s1. The normalized spacial score (nSPS) is 12.5. The number of rotatable bonds is 3. The van der Waals surface area contributed by atoms with Gasteiger partial charge in [-0.15, -0.1) is 0 Å². The second-order valence-corrected chi connectivity index (χ2v) is 2.75. The first-order chi connectivity index (χ1) is 6.13. The molecule has 70 valence electrons.